The minimum atomic E-state index is -0.223. The van der Waals surface area contributed by atoms with Gasteiger partial charge in [0.05, 0.1) is 0 Å². The fourth-order valence-electron chi connectivity index (χ4n) is 1.64. The Kier molecular flexibility index (Phi) is 4.13. The van der Waals surface area contributed by atoms with Gasteiger partial charge in [0.15, 0.2) is 6.61 Å². The van der Waals surface area contributed by atoms with Crippen molar-refractivity contribution in [2.75, 3.05) is 11.9 Å². The van der Waals surface area contributed by atoms with E-state index in [0.29, 0.717) is 11.6 Å². The van der Waals surface area contributed by atoms with Gasteiger partial charge in [0.2, 0.25) is 0 Å². The van der Waals surface area contributed by atoms with Crippen molar-refractivity contribution in [3.63, 3.8) is 0 Å². The molecule has 0 saturated carbocycles. The summed E-state index contributed by atoms with van der Waals surface area (Å²) in [5.74, 6) is 1.00. The van der Waals surface area contributed by atoms with Crippen LogP contribution in [0, 0.1) is 13.8 Å². The molecule has 1 aromatic carbocycles. The molecule has 0 bridgehead atoms. The van der Waals surface area contributed by atoms with E-state index in [0.717, 1.165) is 11.1 Å². The Morgan fingerprint density at radius 3 is 2.74 bits per heavy atom. The molecule has 0 aliphatic heterocycles. The highest BCUT2D eigenvalue weighted by atomic mass is 16.5. The molecule has 0 aliphatic rings. The summed E-state index contributed by atoms with van der Waals surface area (Å²) in [6, 6.07) is 11.3. The molecule has 98 valence electrons. The highest BCUT2D eigenvalue weighted by Gasteiger charge is 2.04. The Hall–Kier alpha value is -2.36. The third kappa shape index (κ3) is 4.10. The number of carbonyl (C=O) groups is 1. The summed E-state index contributed by atoms with van der Waals surface area (Å²) in [5, 5.41) is 2.69. The van der Waals surface area contributed by atoms with Gasteiger partial charge in [0, 0.05) is 6.20 Å². The van der Waals surface area contributed by atoms with E-state index in [9.17, 15) is 4.79 Å². The summed E-state index contributed by atoms with van der Waals surface area (Å²) < 4.78 is 5.41. The van der Waals surface area contributed by atoms with E-state index in [4.69, 9.17) is 4.74 Å². The number of nitrogens with zero attached hydrogens (tertiary/aromatic N) is 1. The smallest absolute Gasteiger partial charge is 0.263 e. The lowest BCUT2D eigenvalue weighted by molar-refractivity contribution is -0.118. The van der Waals surface area contributed by atoms with Crippen molar-refractivity contribution in [2.45, 2.75) is 13.8 Å². The van der Waals surface area contributed by atoms with E-state index in [1.165, 1.54) is 0 Å². The van der Waals surface area contributed by atoms with Gasteiger partial charge in [0.25, 0.3) is 5.91 Å². The molecule has 0 saturated heterocycles. The first kappa shape index (κ1) is 13.1. The predicted octanol–water partition coefficient (Wildman–Crippen LogP) is 2.72. The fourth-order valence-corrected chi connectivity index (χ4v) is 1.64. The molecule has 1 aromatic heterocycles. The summed E-state index contributed by atoms with van der Waals surface area (Å²) in [5.41, 5.74) is 2.14. The van der Waals surface area contributed by atoms with Gasteiger partial charge in [-0.2, -0.15) is 0 Å². The van der Waals surface area contributed by atoms with Crippen LogP contribution in [-0.2, 0) is 4.79 Å². The first-order valence-corrected chi connectivity index (χ1v) is 6.05. The number of aromatic nitrogens is 1. The third-order valence-electron chi connectivity index (χ3n) is 2.54. The normalized spacial score (nSPS) is 10.0. The summed E-state index contributed by atoms with van der Waals surface area (Å²) in [7, 11) is 0. The Balaban J connectivity index is 1.88. The lowest BCUT2D eigenvalue weighted by Gasteiger charge is -2.07. The van der Waals surface area contributed by atoms with E-state index in [2.05, 4.69) is 10.3 Å². The molecule has 2 aromatic rings. The maximum atomic E-state index is 11.7. The summed E-state index contributed by atoms with van der Waals surface area (Å²) in [4.78, 5) is 15.8. The van der Waals surface area contributed by atoms with Crippen molar-refractivity contribution in [1.82, 2.24) is 4.98 Å². The minimum Gasteiger partial charge on any atom is -0.484 e. The second-order valence-corrected chi connectivity index (χ2v) is 4.37. The number of carbonyl (C=O) groups excluding carboxylic acids is 1. The summed E-state index contributed by atoms with van der Waals surface area (Å²) in [6.45, 7) is 3.89. The van der Waals surface area contributed by atoms with E-state index in [-0.39, 0.29) is 12.5 Å². The molecule has 19 heavy (non-hydrogen) atoms. The molecule has 0 atom stereocenters. The van der Waals surface area contributed by atoms with Crippen LogP contribution in [0.1, 0.15) is 11.1 Å². The van der Waals surface area contributed by atoms with Crippen molar-refractivity contribution in [2.24, 2.45) is 0 Å². The largest absolute Gasteiger partial charge is 0.484 e. The SMILES string of the molecule is Cc1cccc(OCC(=O)Nc2cc(C)ccn2)c1. The topological polar surface area (TPSA) is 51.2 Å². The molecule has 2 rings (SSSR count). The molecule has 0 spiro atoms. The van der Waals surface area contributed by atoms with Crippen molar-refractivity contribution in [3.8, 4) is 5.75 Å². The Morgan fingerprint density at radius 1 is 1.21 bits per heavy atom. The number of anilines is 1. The highest BCUT2D eigenvalue weighted by Crippen LogP contribution is 2.12. The van der Waals surface area contributed by atoms with Crippen LogP contribution in [-0.4, -0.2) is 17.5 Å². The van der Waals surface area contributed by atoms with Crippen molar-refractivity contribution in [3.05, 3.63) is 53.7 Å². The van der Waals surface area contributed by atoms with Gasteiger partial charge in [-0.3, -0.25) is 4.79 Å². The van der Waals surface area contributed by atoms with E-state index in [1.807, 2.05) is 50.2 Å². The minimum absolute atomic E-state index is 0.0287. The van der Waals surface area contributed by atoms with Crippen molar-refractivity contribution >= 4 is 11.7 Å². The molecule has 0 radical (unpaired) electrons. The van der Waals surface area contributed by atoms with Gasteiger partial charge in [-0.1, -0.05) is 12.1 Å². The number of nitrogens with one attached hydrogen (secondary N) is 1. The van der Waals surface area contributed by atoms with Crippen LogP contribution < -0.4 is 10.1 Å². The van der Waals surface area contributed by atoms with Crippen LogP contribution in [0.3, 0.4) is 0 Å². The molecule has 0 aliphatic carbocycles. The molecule has 0 fully saturated rings. The van der Waals surface area contributed by atoms with Crippen LogP contribution in [0.15, 0.2) is 42.6 Å². The van der Waals surface area contributed by atoms with Crippen LogP contribution in [0.25, 0.3) is 0 Å². The lowest BCUT2D eigenvalue weighted by Crippen LogP contribution is -2.20. The van der Waals surface area contributed by atoms with Crippen LogP contribution in [0.2, 0.25) is 0 Å². The standard InChI is InChI=1S/C15H16N2O2/c1-11-4-3-5-13(8-11)19-10-15(18)17-14-9-12(2)6-7-16-14/h3-9H,10H2,1-2H3,(H,16,17,18). The molecular weight excluding hydrogens is 240 g/mol. The van der Waals surface area contributed by atoms with E-state index >= 15 is 0 Å². The zero-order valence-corrected chi connectivity index (χ0v) is 11.0. The number of pyridine rings is 1. The molecular formula is C15H16N2O2. The molecule has 0 unspecified atom stereocenters. The van der Waals surface area contributed by atoms with Gasteiger partial charge < -0.3 is 10.1 Å². The average molecular weight is 256 g/mol. The highest BCUT2D eigenvalue weighted by molar-refractivity contribution is 5.90. The molecule has 1 heterocycles. The summed E-state index contributed by atoms with van der Waals surface area (Å²) in [6.07, 6.45) is 1.66. The number of hydrogen-bond donors (Lipinski definition) is 1. The second kappa shape index (κ2) is 6.00. The Bertz CT molecular complexity index is 582. The molecule has 1 N–H and O–H groups in total. The second-order valence-electron chi connectivity index (χ2n) is 4.37. The number of aryl methyl sites for hydroxylation is 2. The number of hydrogen-bond acceptors (Lipinski definition) is 3. The molecule has 4 nitrogen and oxygen atoms in total. The Morgan fingerprint density at radius 2 is 2.00 bits per heavy atom. The van der Waals surface area contributed by atoms with Crippen LogP contribution in [0.4, 0.5) is 5.82 Å². The maximum Gasteiger partial charge on any atom is 0.263 e. The first-order valence-electron chi connectivity index (χ1n) is 6.05. The number of benzene rings is 1. The zero-order chi connectivity index (χ0) is 13.7. The quantitative estimate of drug-likeness (QED) is 0.915. The van der Waals surface area contributed by atoms with Gasteiger partial charge >= 0.3 is 0 Å². The van der Waals surface area contributed by atoms with Gasteiger partial charge in [0.1, 0.15) is 11.6 Å². The van der Waals surface area contributed by atoms with Crippen LogP contribution in [0.5, 0.6) is 5.75 Å². The third-order valence-corrected chi connectivity index (χ3v) is 2.54. The Labute approximate surface area is 112 Å². The number of amides is 1. The monoisotopic (exact) mass is 256 g/mol. The molecule has 4 heteroatoms. The predicted molar refractivity (Wildman–Crippen MR) is 74.3 cm³/mol. The first-order chi connectivity index (χ1) is 9.13. The van der Waals surface area contributed by atoms with Gasteiger partial charge in [-0.25, -0.2) is 4.98 Å². The van der Waals surface area contributed by atoms with E-state index < -0.39 is 0 Å². The van der Waals surface area contributed by atoms with Gasteiger partial charge in [-0.05, 0) is 49.2 Å². The maximum absolute atomic E-state index is 11.7. The van der Waals surface area contributed by atoms with Gasteiger partial charge in [-0.15, -0.1) is 0 Å². The zero-order valence-electron chi connectivity index (χ0n) is 11.0. The number of ether oxygens (including phenoxy) is 1. The number of rotatable bonds is 4. The average Bonchev–Trinajstić information content (AvgIpc) is 2.36. The van der Waals surface area contributed by atoms with Crippen molar-refractivity contribution < 1.29 is 9.53 Å². The van der Waals surface area contributed by atoms with E-state index in [1.54, 1.807) is 6.20 Å². The van der Waals surface area contributed by atoms with Crippen molar-refractivity contribution in [1.29, 1.82) is 0 Å². The van der Waals surface area contributed by atoms with Crippen LogP contribution >= 0.6 is 0 Å². The summed E-state index contributed by atoms with van der Waals surface area (Å²) >= 11 is 0. The lowest BCUT2D eigenvalue weighted by atomic mass is 10.2. The fraction of sp³-hybridized carbons (Fsp3) is 0.200. The molecule has 1 amide bonds.